The van der Waals surface area contributed by atoms with Gasteiger partial charge in [-0.1, -0.05) is 33.1 Å². The summed E-state index contributed by atoms with van der Waals surface area (Å²) in [6, 6.07) is 0. The van der Waals surface area contributed by atoms with E-state index in [0.717, 1.165) is 38.5 Å². The number of ketones is 1. The van der Waals surface area contributed by atoms with Gasteiger partial charge in [-0.3, -0.25) is 4.79 Å². The lowest BCUT2D eigenvalue weighted by Crippen LogP contribution is -2.64. The molecule has 0 amide bonds. The molecular weight excluding hydrogens is 276 g/mol. The van der Waals surface area contributed by atoms with Gasteiger partial charge in [0.15, 0.2) is 0 Å². The number of ether oxygens (including phenoxy) is 2. The lowest BCUT2D eigenvalue weighted by Gasteiger charge is -2.65. The number of carbonyl (C=O) groups is 1. The van der Waals surface area contributed by atoms with Crippen molar-refractivity contribution in [1.82, 2.24) is 0 Å². The van der Waals surface area contributed by atoms with Crippen LogP contribution in [0.5, 0.6) is 0 Å². The van der Waals surface area contributed by atoms with Gasteiger partial charge in [-0.05, 0) is 43.9 Å². The van der Waals surface area contributed by atoms with Crippen LogP contribution in [-0.2, 0) is 14.3 Å². The topological polar surface area (TPSA) is 35.5 Å². The van der Waals surface area contributed by atoms with E-state index in [1.807, 2.05) is 0 Å². The minimum Gasteiger partial charge on any atom is -0.359 e. The second kappa shape index (κ2) is 5.90. The summed E-state index contributed by atoms with van der Waals surface area (Å²) in [4.78, 5) is 13.0. The Labute approximate surface area is 135 Å². The summed E-state index contributed by atoms with van der Waals surface area (Å²) in [5, 5.41) is 0. The van der Waals surface area contributed by atoms with Crippen LogP contribution in [0.15, 0.2) is 0 Å². The van der Waals surface area contributed by atoms with Gasteiger partial charge in [-0.15, -0.1) is 0 Å². The van der Waals surface area contributed by atoms with Crippen molar-refractivity contribution in [3.63, 3.8) is 0 Å². The fourth-order valence-corrected chi connectivity index (χ4v) is 6.64. The van der Waals surface area contributed by atoms with Crippen molar-refractivity contribution in [2.24, 2.45) is 16.2 Å². The molecule has 0 aromatic heterocycles. The van der Waals surface area contributed by atoms with Gasteiger partial charge in [0, 0.05) is 24.4 Å². The molecule has 3 atom stereocenters. The molecular formula is C19H32O3. The van der Waals surface area contributed by atoms with Crippen molar-refractivity contribution in [3.8, 4) is 0 Å². The van der Waals surface area contributed by atoms with Crippen LogP contribution in [0.1, 0.15) is 78.1 Å². The van der Waals surface area contributed by atoms with Gasteiger partial charge in [0.1, 0.15) is 12.6 Å². The van der Waals surface area contributed by atoms with E-state index in [4.69, 9.17) is 9.47 Å². The second-order valence-electron chi connectivity index (χ2n) is 8.02. The average Bonchev–Trinajstić information content (AvgIpc) is 3.01. The molecule has 0 radical (unpaired) electrons. The van der Waals surface area contributed by atoms with Crippen molar-refractivity contribution in [3.05, 3.63) is 0 Å². The van der Waals surface area contributed by atoms with Crippen molar-refractivity contribution < 1.29 is 14.3 Å². The molecule has 1 spiro atoms. The van der Waals surface area contributed by atoms with Crippen molar-refractivity contribution in [1.29, 1.82) is 0 Å². The lowest BCUT2D eigenvalue weighted by molar-refractivity contribution is -0.225. The summed E-state index contributed by atoms with van der Waals surface area (Å²) in [6.07, 6.45) is 11.3. The summed E-state index contributed by atoms with van der Waals surface area (Å²) < 4.78 is 11.3. The highest BCUT2D eigenvalue weighted by molar-refractivity contribution is 5.87. The first-order chi connectivity index (χ1) is 10.6. The predicted octanol–water partition coefficient (Wildman–Crippen LogP) is 4.49. The largest absolute Gasteiger partial charge is 0.359 e. The first kappa shape index (κ1) is 16.4. The van der Waals surface area contributed by atoms with E-state index in [9.17, 15) is 4.79 Å². The second-order valence-corrected chi connectivity index (χ2v) is 8.02. The fraction of sp³-hybridized carbons (Fsp3) is 0.947. The van der Waals surface area contributed by atoms with Gasteiger partial charge in [-0.2, -0.15) is 0 Å². The third-order valence-corrected chi connectivity index (χ3v) is 7.64. The summed E-state index contributed by atoms with van der Waals surface area (Å²) in [5.74, 6) is 0.566. The Hall–Kier alpha value is -0.410. The molecule has 0 aromatic carbocycles. The number of fused-ring (bicyclic) bond motifs is 2. The molecule has 3 aliphatic carbocycles. The van der Waals surface area contributed by atoms with Gasteiger partial charge in [0.25, 0.3) is 0 Å². The number of hydrogen-bond donors (Lipinski definition) is 0. The van der Waals surface area contributed by atoms with Gasteiger partial charge >= 0.3 is 0 Å². The molecule has 3 rings (SSSR count). The van der Waals surface area contributed by atoms with E-state index in [0.29, 0.717) is 12.6 Å². The van der Waals surface area contributed by atoms with Crippen LogP contribution >= 0.6 is 0 Å². The van der Waals surface area contributed by atoms with E-state index in [1.54, 1.807) is 7.11 Å². The molecule has 0 N–H and O–H groups in total. The van der Waals surface area contributed by atoms with Crippen molar-refractivity contribution in [2.45, 2.75) is 84.2 Å². The maximum Gasteiger partial charge on any atom is 0.146 e. The Morgan fingerprint density at radius 2 is 1.86 bits per heavy atom. The average molecular weight is 308 g/mol. The molecule has 22 heavy (non-hydrogen) atoms. The summed E-state index contributed by atoms with van der Waals surface area (Å²) >= 11 is 0. The van der Waals surface area contributed by atoms with E-state index in [-0.39, 0.29) is 22.3 Å². The Bertz CT molecular complexity index is 426. The molecule has 126 valence electrons. The Kier molecular flexibility index (Phi) is 4.41. The zero-order valence-electron chi connectivity index (χ0n) is 14.6. The predicted molar refractivity (Wildman–Crippen MR) is 86.6 cm³/mol. The Morgan fingerprint density at radius 1 is 1.14 bits per heavy atom. The van der Waals surface area contributed by atoms with Crippen LogP contribution in [0.25, 0.3) is 0 Å². The fourth-order valence-electron chi connectivity index (χ4n) is 6.64. The molecule has 3 saturated carbocycles. The van der Waals surface area contributed by atoms with E-state index in [2.05, 4.69) is 13.8 Å². The minimum absolute atomic E-state index is 0.0517. The molecule has 0 saturated heterocycles. The van der Waals surface area contributed by atoms with Gasteiger partial charge in [0.05, 0.1) is 6.10 Å². The quantitative estimate of drug-likeness (QED) is 0.718. The molecule has 3 fully saturated rings. The van der Waals surface area contributed by atoms with Crippen LogP contribution in [0.2, 0.25) is 0 Å². The normalized spacial score (nSPS) is 40.9. The SMILES string of the molecule is CCC12CCCC(OCOC)C1(C)CCC(=O)C21CCCC1. The van der Waals surface area contributed by atoms with Crippen molar-refractivity contribution >= 4 is 5.78 Å². The maximum atomic E-state index is 13.0. The van der Waals surface area contributed by atoms with Crippen molar-refractivity contribution in [2.75, 3.05) is 13.9 Å². The third kappa shape index (κ3) is 1.97. The zero-order valence-corrected chi connectivity index (χ0v) is 14.6. The molecule has 3 aliphatic rings. The molecule has 3 unspecified atom stereocenters. The van der Waals surface area contributed by atoms with E-state index >= 15 is 0 Å². The monoisotopic (exact) mass is 308 g/mol. The van der Waals surface area contributed by atoms with Crippen LogP contribution in [0.3, 0.4) is 0 Å². The molecule has 3 nitrogen and oxygen atoms in total. The van der Waals surface area contributed by atoms with Gasteiger partial charge < -0.3 is 9.47 Å². The molecule has 0 aliphatic heterocycles. The number of methoxy groups -OCH3 is 1. The third-order valence-electron chi connectivity index (χ3n) is 7.64. The number of hydrogen-bond acceptors (Lipinski definition) is 3. The smallest absolute Gasteiger partial charge is 0.146 e. The molecule has 0 heterocycles. The molecule has 0 aromatic rings. The zero-order chi connectivity index (χ0) is 15.8. The highest BCUT2D eigenvalue weighted by atomic mass is 16.7. The van der Waals surface area contributed by atoms with Crippen LogP contribution in [0, 0.1) is 16.2 Å². The summed E-state index contributed by atoms with van der Waals surface area (Å²) in [5.41, 5.74) is 0.211. The first-order valence-corrected chi connectivity index (χ1v) is 9.20. The molecule has 0 bridgehead atoms. The first-order valence-electron chi connectivity index (χ1n) is 9.20. The van der Waals surface area contributed by atoms with Crippen LogP contribution in [0.4, 0.5) is 0 Å². The van der Waals surface area contributed by atoms with E-state index in [1.165, 1.54) is 25.7 Å². The minimum atomic E-state index is -0.0517. The molecule has 3 heteroatoms. The lowest BCUT2D eigenvalue weighted by atomic mass is 9.39. The highest BCUT2D eigenvalue weighted by Crippen LogP contribution is 2.71. The van der Waals surface area contributed by atoms with Crippen LogP contribution in [-0.4, -0.2) is 25.8 Å². The van der Waals surface area contributed by atoms with Gasteiger partial charge in [-0.25, -0.2) is 0 Å². The Balaban J connectivity index is 2.03. The number of rotatable bonds is 4. The highest BCUT2D eigenvalue weighted by Gasteiger charge is 2.68. The number of Topliss-reactive ketones (excluding diaryl/α,β-unsaturated/α-hetero) is 1. The Morgan fingerprint density at radius 3 is 2.50 bits per heavy atom. The summed E-state index contributed by atoms with van der Waals surface area (Å²) in [7, 11) is 1.70. The van der Waals surface area contributed by atoms with Crippen LogP contribution < -0.4 is 0 Å². The van der Waals surface area contributed by atoms with Gasteiger partial charge in [0.2, 0.25) is 0 Å². The number of carbonyl (C=O) groups excluding carboxylic acids is 1. The maximum absolute atomic E-state index is 13.0. The standard InChI is InChI=1S/C19H32O3/c1-4-19-12-7-8-16(22-14-21-3)17(19,2)13-9-15(20)18(19)10-5-6-11-18/h16H,4-14H2,1-3H3. The van der Waals surface area contributed by atoms with E-state index < -0.39 is 0 Å². The summed E-state index contributed by atoms with van der Waals surface area (Å²) in [6.45, 7) is 5.11.